The lowest BCUT2D eigenvalue weighted by Crippen LogP contribution is -2.17. The molecule has 1 N–H and O–H groups in total. The molecule has 2 rings (SSSR count). The van der Waals surface area contributed by atoms with Gasteiger partial charge in [-0.1, -0.05) is 40.2 Å². The van der Waals surface area contributed by atoms with Crippen molar-refractivity contribution in [1.82, 2.24) is 0 Å². The number of hydrogen-bond acceptors (Lipinski definition) is 3. The number of benzene rings is 2. The Morgan fingerprint density at radius 2 is 1.82 bits per heavy atom. The average Bonchev–Trinajstić information content (AvgIpc) is 2.50. The van der Waals surface area contributed by atoms with Crippen LogP contribution in [0.2, 0.25) is 0 Å². The van der Waals surface area contributed by atoms with Crippen molar-refractivity contribution in [3.63, 3.8) is 0 Å². The Hall–Kier alpha value is -1.66. The number of halogens is 1. The second kappa shape index (κ2) is 7.07. The number of hydrogen-bond donors (Lipinski definition) is 1. The van der Waals surface area contributed by atoms with Crippen LogP contribution >= 0.6 is 15.9 Å². The number of rotatable bonds is 5. The monoisotopic (exact) mass is 381 g/mol. The first-order chi connectivity index (χ1) is 10.4. The summed E-state index contributed by atoms with van der Waals surface area (Å²) < 4.78 is 25.1. The van der Waals surface area contributed by atoms with Gasteiger partial charge in [0.25, 0.3) is 0 Å². The lowest BCUT2D eigenvalue weighted by atomic mass is 10.2. The molecule has 0 spiro atoms. The third kappa shape index (κ3) is 4.42. The molecular formula is C16H16BrNO3S. The molecule has 0 heterocycles. The average molecular weight is 382 g/mol. The van der Waals surface area contributed by atoms with Crippen LogP contribution < -0.4 is 5.32 Å². The van der Waals surface area contributed by atoms with Crippen LogP contribution in [-0.4, -0.2) is 20.1 Å². The molecule has 0 aromatic heterocycles. The molecule has 0 aliphatic heterocycles. The summed E-state index contributed by atoms with van der Waals surface area (Å²) in [6.45, 7) is 1.95. The van der Waals surface area contributed by atoms with Crippen LogP contribution in [0.3, 0.4) is 0 Å². The number of carbonyl (C=O) groups is 1. The van der Waals surface area contributed by atoms with Crippen LogP contribution in [-0.2, 0) is 14.6 Å². The number of nitrogens with one attached hydrogen (secondary N) is 1. The summed E-state index contributed by atoms with van der Waals surface area (Å²) in [4.78, 5) is 12.1. The standard InChI is InChI=1S/C16H16BrNO3S/c1-12-7-8-13(11-15(12)17)18-16(19)9-10-22(20,21)14-5-3-2-4-6-14/h2-8,11H,9-10H2,1H3,(H,18,19). The Balaban J connectivity index is 1.97. The molecule has 0 bridgehead atoms. The third-order valence-corrected chi connectivity index (χ3v) is 5.74. The summed E-state index contributed by atoms with van der Waals surface area (Å²) in [5.41, 5.74) is 1.70. The highest BCUT2D eigenvalue weighted by molar-refractivity contribution is 9.10. The molecule has 22 heavy (non-hydrogen) atoms. The largest absolute Gasteiger partial charge is 0.326 e. The van der Waals surface area contributed by atoms with Crippen molar-refractivity contribution in [2.45, 2.75) is 18.2 Å². The molecule has 0 saturated heterocycles. The fraction of sp³-hybridized carbons (Fsp3) is 0.188. The molecule has 0 saturated carbocycles. The van der Waals surface area contributed by atoms with E-state index in [4.69, 9.17) is 0 Å². The Labute approximate surface area is 138 Å². The third-order valence-electron chi connectivity index (χ3n) is 3.16. The highest BCUT2D eigenvalue weighted by Gasteiger charge is 2.16. The molecule has 0 radical (unpaired) electrons. The molecule has 0 unspecified atom stereocenters. The van der Waals surface area contributed by atoms with E-state index < -0.39 is 9.84 Å². The minimum atomic E-state index is -3.43. The van der Waals surface area contributed by atoms with Gasteiger partial charge in [0.15, 0.2) is 9.84 Å². The van der Waals surface area contributed by atoms with Gasteiger partial charge in [0.1, 0.15) is 0 Å². The van der Waals surface area contributed by atoms with E-state index in [0.717, 1.165) is 10.0 Å². The molecule has 4 nitrogen and oxygen atoms in total. The van der Waals surface area contributed by atoms with Gasteiger partial charge in [0.2, 0.25) is 5.91 Å². The van der Waals surface area contributed by atoms with E-state index in [-0.39, 0.29) is 23.0 Å². The normalized spacial score (nSPS) is 11.2. The van der Waals surface area contributed by atoms with Gasteiger partial charge in [0, 0.05) is 16.6 Å². The Bertz CT molecular complexity index is 773. The topological polar surface area (TPSA) is 63.2 Å². The van der Waals surface area contributed by atoms with Crippen LogP contribution in [0.1, 0.15) is 12.0 Å². The van der Waals surface area contributed by atoms with Gasteiger partial charge in [-0.25, -0.2) is 8.42 Å². The summed E-state index contributed by atoms with van der Waals surface area (Å²) >= 11 is 3.39. The molecule has 116 valence electrons. The maximum absolute atomic E-state index is 12.1. The highest BCUT2D eigenvalue weighted by Crippen LogP contribution is 2.21. The van der Waals surface area contributed by atoms with Crippen LogP contribution in [0.15, 0.2) is 57.9 Å². The predicted molar refractivity (Wildman–Crippen MR) is 90.6 cm³/mol. The molecule has 0 aliphatic rings. The first-order valence-corrected chi connectivity index (χ1v) is 9.17. The first kappa shape index (κ1) is 16.7. The van der Waals surface area contributed by atoms with Gasteiger partial charge in [-0.3, -0.25) is 4.79 Å². The summed E-state index contributed by atoms with van der Waals surface area (Å²) in [6, 6.07) is 13.6. The molecule has 1 amide bonds. The van der Waals surface area contributed by atoms with Gasteiger partial charge in [-0.2, -0.15) is 0 Å². The maximum atomic E-state index is 12.1. The summed E-state index contributed by atoms with van der Waals surface area (Å²) in [6.07, 6.45) is -0.0806. The molecule has 0 aliphatic carbocycles. The fourth-order valence-electron chi connectivity index (χ4n) is 1.87. The van der Waals surface area contributed by atoms with Crippen molar-refractivity contribution >= 4 is 37.4 Å². The van der Waals surface area contributed by atoms with Crippen LogP contribution in [0, 0.1) is 6.92 Å². The number of sulfone groups is 1. The second-order valence-electron chi connectivity index (χ2n) is 4.89. The summed E-state index contributed by atoms with van der Waals surface area (Å²) in [5.74, 6) is -0.536. The number of amides is 1. The maximum Gasteiger partial charge on any atom is 0.225 e. The Morgan fingerprint density at radius 1 is 1.14 bits per heavy atom. The van der Waals surface area contributed by atoms with Crippen molar-refractivity contribution in [2.24, 2.45) is 0 Å². The summed E-state index contributed by atoms with van der Waals surface area (Å²) in [5, 5.41) is 2.70. The van der Waals surface area contributed by atoms with E-state index in [9.17, 15) is 13.2 Å². The van der Waals surface area contributed by atoms with Gasteiger partial charge in [-0.05, 0) is 36.8 Å². The van der Waals surface area contributed by atoms with Crippen molar-refractivity contribution in [2.75, 3.05) is 11.1 Å². The zero-order valence-electron chi connectivity index (χ0n) is 12.0. The number of aryl methyl sites for hydroxylation is 1. The lowest BCUT2D eigenvalue weighted by Gasteiger charge is -2.08. The minimum Gasteiger partial charge on any atom is -0.326 e. The zero-order chi connectivity index (χ0) is 16.2. The second-order valence-corrected chi connectivity index (χ2v) is 7.86. The SMILES string of the molecule is Cc1ccc(NC(=O)CCS(=O)(=O)c2ccccc2)cc1Br. The predicted octanol–water partition coefficient (Wildman–Crippen LogP) is 3.56. The fourth-order valence-corrected chi connectivity index (χ4v) is 3.51. The van der Waals surface area contributed by atoms with Crippen LogP contribution in [0.4, 0.5) is 5.69 Å². The molecule has 2 aromatic carbocycles. The molecule has 0 atom stereocenters. The van der Waals surface area contributed by atoms with E-state index in [0.29, 0.717) is 5.69 Å². The van der Waals surface area contributed by atoms with Crippen molar-refractivity contribution in [3.05, 3.63) is 58.6 Å². The number of carbonyl (C=O) groups excluding carboxylic acids is 1. The Kier molecular flexibility index (Phi) is 5.37. The highest BCUT2D eigenvalue weighted by atomic mass is 79.9. The molecule has 2 aromatic rings. The van der Waals surface area contributed by atoms with E-state index in [1.807, 2.05) is 13.0 Å². The quantitative estimate of drug-likeness (QED) is 0.860. The van der Waals surface area contributed by atoms with Crippen molar-refractivity contribution in [3.8, 4) is 0 Å². The molecule has 0 fully saturated rings. The van der Waals surface area contributed by atoms with Crippen LogP contribution in [0.5, 0.6) is 0 Å². The van der Waals surface area contributed by atoms with Gasteiger partial charge < -0.3 is 5.32 Å². The smallest absolute Gasteiger partial charge is 0.225 e. The lowest BCUT2D eigenvalue weighted by molar-refractivity contribution is -0.115. The van der Waals surface area contributed by atoms with Crippen LogP contribution in [0.25, 0.3) is 0 Å². The van der Waals surface area contributed by atoms with Crippen molar-refractivity contribution in [1.29, 1.82) is 0 Å². The van der Waals surface area contributed by atoms with E-state index in [2.05, 4.69) is 21.2 Å². The molecule has 6 heteroatoms. The van der Waals surface area contributed by atoms with Gasteiger partial charge >= 0.3 is 0 Å². The van der Waals surface area contributed by atoms with Crippen molar-refractivity contribution < 1.29 is 13.2 Å². The van der Waals surface area contributed by atoms with Gasteiger partial charge in [-0.15, -0.1) is 0 Å². The molecular weight excluding hydrogens is 366 g/mol. The van der Waals surface area contributed by atoms with E-state index in [1.165, 1.54) is 12.1 Å². The summed E-state index contributed by atoms with van der Waals surface area (Å²) in [7, 11) is -3.43. The van der Waals surface area contributed by atoms with E-state index in [1.54, 1.807) is 30.3 Å². The zero-order valence-corrected chi connectivity index (χ0v) is 14.4. The minimum absolute atomic E-state index is 0.0806. The van der Waals surface area contributed by atoms with E-state index >= 15 is 0 Å². The van der Waals surface area contributed by atoms with Gasteiger partial charge in [0.05, 0.1) is 10.6 Å². The first-order valence-electron chi connectivity index (χ1n) is 6.72. The number of anilines is 1. The Morgan fingerprint density at radius 3 is 2.45 bits per heavy atom.